The Morgan fingerprint density at radius 2 is 1.41 bits per heavy atom. The lowest BCUT2D eigenvalue weighted by molar-refractivity contribution is 0.134. The van der Waals surface area contributed by atoms with Crippen LogP contribution in [0, 0.1) is 0 Å². The molecule has 0 radical (unpaired) electrons. The Morgan fingerprint density at radius 1 is 0.818 bits per heavy atom. The first-order chi connectivity index (χ1) is 10.9. The van der Waals surface area contributed by atoms with Crippen LogP contribution in [0.2, 0.25) is 0 Å². The van der Waals surface area contributed by atoms with Crippen molar-refractivity contribution in [1.82, 2.24) is 0 Å². The van der Waals surface area contributed by atoms with E-state index in [2.05, 4.69) is 42.5 Å². The van der Waals surface area contributed by atoms with Gasteiger partial charge in [0, 0.05) is 6.61 Å². The second kappa shape index (κ2) is 10.2. The number of ether oxygens (including phenoxy) is 1. The molecule has 0 heterocycles. The number of rotatable bonds is 4. The van der Waals surface area contributed by atoms with E-state index in [4.69, 9.17) is 4.74 Å². The maximum absolute atomic E-state index is 5.22. The summed E-state index contributed by atoms with van der Waals surface area (Å²) in [6.45, 7) is 3.52. The normalized spacial score (nSPS) is 15.0. The molecule has 0 saturated heterocycles. The summed E-state index contributed by atoms with van der Waals surface area (Å²) in [6, 6.07) is 21.1. The summed E-state index contributed by atoms with van der Waals surface area (Å²) >= 11 is 0. The van der Waals surface area contributed by atoms with Gasteiger partial charge in [0.1, 0.15) is 0 Å². The highest BCUT2D eigenvalue weighted by Gasteiger charge is 2.14. The average molecular weight is 296 g/mol. The van der Waals surface area contributed by atoms with Gasteiger partial charge in [0.15, 0.2) is 0 Å². The highest BCUT2D eigenvalue weighted by molar-refractivity contribution is 5.19. The quantitative estimate of drug-likeness (QED) is 0.676. The third-order valence-corrected chi connectivity index (χ3v) is 4.19. The summed E-state index contributed by atoms with van der Waals surface area (Å²) in [5.74, 6) is 0.861. The molecular weight excluding hydrogens is 268 g/mol. The zero-order valence-electron chi connectivity index (χ0n) is 13.7. The topological polar surface area (TPSA) is 9.23 Å². The van der Waals surface area contributed by atoms with E-state index in [0.717, 1.165) is 19.1 Å². The molecule has 0 unspecified atom stereocenters. The maximum Gasteiger partial charge on any atom is 0.0716 e. The molecule has 0 amide bonds. The van der Waals surface area contributed by atoms with Crippen molar-refractivity contribution in [2.45, 2.75) is 51.6 Å². The van der Waals surface area contributed by atoms with E-state index in [1.54, 1.807) is 5.56 Å². The smallest absolute Gasteiger partial charge is 0.0716 e. The minimum atomic E-state index is 0.733. The van der Waals surface area contributed by atoms with Gasteiger partial charge in [0.05, 0.1) is 6.61 Å². The molecule has 0 aliphatic heterocycles. The Balaban J connectivity index is 0.000000164. The predicted octanol–water partition coefficient (Wildman–Crippen LogP) is 5.96. The fourth-order valence-electron chi connectivity index (χ4n) is 2.96. The zero-order valence-corrected chi connectivity index (χ0v) is 13.7. The lowest BCUT2D eigenvalue weighted by Crippen LogP contribution is -2.03. The van der Waals surface area contributed by atoms with Gasteiger partial charge in [-0.2, -0.15) is 0 Å². The standard InChI is InChI=1S/C12H16.C9H12O/c1-3-7-11(8-4-1)12-9-5-2-6-10-12;1-2-10-8-9-6-4-3-5-7-9/h1,3-4,7-8,12H,2,5-6,9-10H2;3-7H,2,8H2,1H3. The van der Waals surface area contributed by atoms with Crippen molar-refractivity contribution in [2.75, 3.05) is 6.61 Å². The molecule has 0 spiro atoms. The Morgan fingerprint density at radius 3 is 2.00 bits per heavy atom. The molecule has 2 aromatic rings. The van der Waals surface area contributed by atoms with Crippen molar-refractivity contribution in [3.05, 3.63) is 71.8 Å². The molecule has 118 valence electrons. The van der Waals surface area contributed by atoms with E-state index < -0.39 is 0 Å². The van der Waals surface area contributed by atoms with Gasteiger partial charge in [-0.1, -0.05) is 79.9 Å². The van der Waals surface area contributed by atoms with Crippen LogP contribution < -0.4 is 0 Å². The summed E-state index contributed by atoms with van der Waals surface area (Å²) in [7, 11) is 0. The van der Waals surface area contributed by atoms with E-state index in [1.165, 1.54) is 37.7 Å². The monoisotopic (exact) mass is 296 g/mol. The first-order valence-electron chi connectivity index (χ1n) is 8.56. The fraction of sp³-hybridized carbons (Fsp3) is 0.429. The molecule has 1 nitrogen and oxygen atoms in total. The van der Waals surface area contributed by atoms with E-state index in [9.17, 15) is 0 Å². The maximum atomic E-state index is 5.22. The molecule has 1 heteroatoms. The van der Waals surface area contributed by atoms with Gasteiger partial charge in [-0.25, -0.2) is 0 Å². The Bertz CT molecular complexity index is 486. The Hall–Kier alpha value is -1.60. The molecule has 0 atom stereocenters. The predicted molar refractivity (Wildman–Crippen MR) is 94.0 cm³/mol. The van der Waals surface area contributed by atoms with Crippen LogP contribution in [-0.2, 0) is 11.3 Å². The lowest BCUT2D eigenvalue weighted by atomic mass is 9.84. The largest absolute Gasteiger partial charge is 0.377 e. The summed E-state index contributed by atoms with van der Waals surface area (Å²) < 4.78 is 5.22. The molecule has 22 heavy (non-hydrogen) atoms. The first-order valence-corrected chi connectivity index (χ1v) is 8.56. The van der Waals surface area contributed by atoms with Crippen molar-refractivity contribution in [2.24, 2.45) is 0 Å². The van der Waals surface area contributed by atoms with E-state index in [1.807, 2.05) is 25.1 Å². The minimum Gasteiger partial charge on any atom is -0.377 e. The van der Waals surface area contributed by atoms with Gasteiger partial charge >= 0.3 is 0 Å². The van der Waals surface area contributed by atoms with Gasteiger partial charge in [0.25, 0.3) is 0 Å². The summed E-state index contributed by atoms with van der Waals surface area (Å²) in [4.78, 5) is 0. The van der Waals surface area contributed by atoms with Crippen LogP contribution in [-0.4, -0.2) is 6.61 Å². The summed E-state index contributed by atoms with van der Waals surface area (Å²) in [5, 5.41) is 0. The van der Waals surface area contributed by atoms with Gasteiger partial charge in [-0.15, -0.1) is 0 Å². The number of hydrogen-bond acceptors (Lipinski definition) is 1. The van der Waals surface area contributed by atoms with Gasteiger partial charge in [-0.05, 0) is 36.8 Å². The second-order valence-electron chi connectivity index (χ2n) is 5.87. The van der Waals surface area contributed by atoms with Crippen LogP contribution in [0.4, 0.5) is 0 Å². The molecule has 0 N–H and O–H groups in total. The highest BCUT2D eigenvalue weighted by Crippen LogP contribution is 2.32. The van der Waals surface area contributed by atoms with Crippen molar-refractivity contribution >= 4 is 0 Å². The molecule has 0 bridgehead atoms. The van der Waals surface area contributed by atoms with E-state index in [0.29, 0.717) is 0 Å². The van der Waals surface area contributed by atoms with Crippen molar-refractivity contribution in [3.63, 3.8) is 0 Å². The average Bonchev–Trinajstić information content (AvgIpc) is 2.63. The molecule has 2 aromatic carbocycles. The third kappa shape index (κ3) is 6.03. The molecular formula is C21H28O. The molecule has 1 aliphatic rings. The minimum absolute atomic E-state index is 0.733. The Kier molecular flexibility index (Phi) is 7.76. The third-order valence-electron chi connectivity index (χ3n) is 4.19. The van der Waals surface area contributed by atoms with Crippen molar-refractivity contribution in [3.8, 4) is 0 Å². The van der Waals surface area contributed by atoms with Crippen molar-refractivity contribution < 1.29 is 4.74 Å². The first kappa shape index (κ1) is 16.8. The summed E-state index contributed by atoms with van der Waals surface area (Å²) in [6.07, 6.45) is 7.12. The van der Waals surface area contributed by atoms with Crippen LogP contribution in [0.5, 0.6) is 0 Å². The highest BCUT2D eigenvalue weighted by atomic mass is 16.5. The SMILES string of the molecule is CCOCc1ccccc1.c1ccc(C2CCCCC2)cc1. The fourth-order valence-corrected chi connectivity index (χ4v) is 2.96. The van der Waals surface area contributed by atoms with Crippen LogP contribution in [0.3, 0.4) is 0 Å². The number of benzene rings is 2. The summed E-state index contributed by atoms with van der Waals surface area (Å²) in [5.41, 5.74) is 2.79. The van der Waals surface area contributed by atoms with Gasteiger partial charge in [0.2, 0.25) is 0 Å². The molecule has 1 aliphatic carbocycles. The van der Waals surface area contributed by atoms with E-state index in [-0.39, 0.29) is 0 Å². The van der Waals surface area contributed by atoms with Gasteiger partial charge in [-0.3, -0.25) is 0 Å². The van der Waals surface area contributed by atoms with E-state index >= 15 is 0 Å². The van der Waals surface area contributed by atoms with Gasteiger partial charge < -0.3 is 4.74 Å². The zero-order chi connectivity index (χ0) is 15.5. The number of hydrogen-bond donors (Lipinski definition) is 0. The lowest BCUT2D eigenvalue weighted by Gasteiger charge is -2.21. The van der Waals surface area contributed by atoms with Crippen LogP contribution in [0.15, 0.2) is 60.7 Å². The van der Waals surface area contributed by atoms with Crippen LogP contribution in [0.25, 0.3) is 0 Å². The Labute approximate surface area is 135 Å². The molecule has 1 fully saturated rings. The molecule has 3 rings (SSSR count). The molecule has 1 saturated carbocycles. The van der Waals surface area contributed by atoms with Crippen LogP contribution in [0.1, 0.15) is 56.1 Å². The second-order valence-corrected chi connectivity index (χ2v) is 5.87. The van der Waals surface area contributed by atoms with Crippen molar-refractivity contribution in [1.29, 1.82) is 0 Å². The van der Waals surface area contributed by atoms with Crippen LogP contribution >= 0.6 is 0 Å². The molecule has 0 aromatic heterocycles.